The number of hydrogen-bond donors (Lipinski definition) is 4. The van der Waals surface area contributed by atoms with Crippen LogP contribution in [0.3, 0.4) is 0 Å². The molecule has 0 radical (unpaired) electrons. The molecule has 3 aromatic rings. The Hall–Kier alpha value is -2.71. The van der Waals surface area contributed by atoms with E-state index in [1.807, 2.05) is 0 Å². The van der Waals surface area contributed by atoms with Gasteiger partial charge in [-0.2, -0.15) is 0 Å². The molecule has 124 valence electrons. The lowest BCUT2D eigenvalue weighted by Gasteiger charge is -2.04. The summed E-state index contributed by atoms with van der Waals surface area (Å²) in [4.78, 5) is 18.8. The number of thiophene rings is 1. The zero-order valence-electron chi connectivity index (χ0n) is 12.6. The van der Waals surface area contributed by atoms with Crippen LogP contribution in [0.2, 0.25) is 5.02 Å². The SMILES string of the molecule is CN=C(N)NC(=O)c1cc2c(Cl)cc(Oc3ccc(N)s3)cc2[nH]1. The van der Waals surface area contributed by atoms with Crippen molar-refractivity contribution in [1.82, 2.24) is 10.3 Å². The molecule has 6 N–H and O–H groups in total. The summed E-state index contributed by atoms with van der Waals surface area (Å²) in [6.45, 7) is 0. The van der Waals surface area contributed by atoms with Crippen LogP contribution in [0.15, 0.2) is 35.3 Å². The summed E-state index contributed by atoms with van der Waals surface area (Å²) >= 11 is 7.61. The number of carbonyl (C=O) groups is 1. The molecule has 0 aliphatic rings. The number of anilines is 1. The molecule has 9 heteroatoms. The lowest BCUT2D eigenvalue weighted by atomic mass is 10.2. The molecule has 0 spiro atoms. The molecule has 0 atom stereocenters. The summed E-state index contributed by atoms with van der Waals surface area (Å²) < 4.78 is 5.73. The average Bonchev–Trinajstić information content (AvgIpc) is 3.13. The number of rotatable bonds is 3. The Morgan fingerprint density at radius 3 is 2.83 bits per heavy atom. The van der Waals surface area contributed by atoms with Gasteiger partial charge in [-0.25, -0.2) is 0 Å². The summed E-state index contributed by atoms with van der Waals surface area (Å²) in [5.74, 6) is 0.167. The minimum atomic E-state index is -0.404. The van der Waals surface area contributed by atoms with Crippen molar-refractivity contribution < 1.29 is 9.53 Å². The number of nitrogens with two attached hydrogens (primary N) is 2. The minimum absolute atomic E-state index is 0.0315. The van der Waals surface area contributed by atoms with Crippen LogP contribution in [-0.2, 0) is 0 Å². The van der Waals surface area contributed by atoms with Crippen LogP contribution in [0.5, 0.6) is 10.8 Å². The van der Waals surface area contributed by atoms with Crippen molar-refractivity contribution in [2.45, 2.75) is 0 Å². The summed E-state index contributed by atoms with van der Waals surface area (Å²) in [5, 5.41) is 4.92. The Morgan fingerprint density at radius 2 is 2.17 bits per heavy atom. The van der Waals surface area contributed by atoms with Crippen molar-refractivity contribution in [2.75, 3.05) is 12.8 Å². The Morgan fingerprint density at radius 1 is 1.38 bits per heavy atom. The number of nitrogen functional groups attached to an aromatic ring is 1. The number of guanidine groups is 1. The molecule has 0 unspecified atom stereocenters. The Bertz CT molecular complexity index is 947. The van der Waals surface area contributed by atoms with Crippen LogP contribution >= 0.6 is 22.9 Å². The number of nitrogens with zero attached hydrogens (tertiary/aromatic N) is 1. The highest BCUT2D eigenvalue weighted by molar-refractivity contribution is 7.17. The third-order valence-corrected chi connectivity index (χ3v) is 4.31. The monoisotopic (exact) mass is 363 g/mol. The van der Waals surface area contributed by atoms with Crippen LogP contribution in [0.25, 0.3) is 10.9 Å². The predicted molar refractivity (Wildman–Crippen MR) is 97.1 cm³/mol. The van der Waals surface area contributed by atoms with E-state index in [9.17, 15) is 4.79 Å². The lowest BCUT2D eigenvalue weighted by Crippen LogP contribution is -2.36. The van der Waals surface area contributed by atoms with Crippen molar-refractivity contribution >= 4 is 50.7 Å². The fourth-order valence-corrected chi connectivity index (χ4v) is 3.00. The van der Waals surface area contributed by atoms with Crippen LogP contribution < -0.4 is 21.5 Å². The second kappa shape index (κ2) is 6.42. The topological polar surface area (TPSA) is 119 Å². The number of aromatic amines is 1. The second-order valence-electron chi connectivity index (χ2n) is 4.87. The highest BCUT2D eigenvalue weighted by Gasteiger charge is 2.14. The number of carbonyl (C=O) groups excluding carboxylic acids is 1. The summed E-state index contributed by atoms with van der Waals surface area (Å²) in [6.07, 6.45) is 0. The quantitative estimate of drug-likeness (QED) is 0.422. The third-order valence-electron chi connectivity index (χ3n) is 3.21. The second-order valence-corrected chi connectivity index (χ2v) is 6.36. The van der Waals surface area contributed by atoms with Gasteiger partial charge in [-0.05, 0) is 18.2 Å². The first-order chi connectivity index (χ1) is 11.5. The highest BCUT2D eigenvalue weighted by Crippen LogP contribution is 2.35. The van der Waals surface area contributed by atoms with Crippen LogP contribution in [0.1, 0.15) is 10.5 Å². The van der Waals surface area contributed by atoms with Gasteiger partial charge in [0, 0.05) is 24.6 Å². The Labute approximate surface area is 146 Å². The number of fused-ring (bicyclic) bond motifs is 1. The number of nitrogens with one attached hydrogen (secondary N) is 2. The van der Waals surface area contributed by atoms with Crippen molar-refractivity contribution in [3.8, 4) is 10.8 Å². The van der Waals surface area contributed by atoms with Gasteiger partial charge < -0.3 is 21.2 Å². The highest BCUT2D eigenvalue weighted by atomic mass is 35.5. The fourth-order valence-electron chi connectivity index (χ4n) is 2.09. The first-order valence-electron chi connectivity index (χ1n) is 6.85. The number of benzene rings is 1. The van der Waals surface area contributed by atoms with Crippen LogP contribution in [0, 0.1) is 0 Å². The molecule has 24 heavy (non-hydrogen) atoms. The molecule has 0 saturated carbocycles. The van der Waals surface area contributed by atoms with E-state index >= 15 is 0 Å². The molecule has 7 nitrogen and oxygen atoms in total. The maximum atomic E-state index is 12.1. The largest absolute Gasteiger partial charge is 0.446 e. The van der Waals surface area contributed by atoms with Gasteiger partial charge in [-0.3, -0.25) is 15.1 Å². The number of aromatic nitrogens is 1. The lowest BCUT2D eigenvalue weighted by molar-refractivity contribution is 0.0972. The van der Waals surface area contributed by atoms with E-state index < -0.39 is 5.91 Å². The van der Waals surface area contributed by atoms with Crippen molar-refractivity contribution in [3.63, 3.8) is 0 Å². The number of aliphatic imine (C=N–C) groups is 1. The van der Waals surface area contributed by atoms with Gasteiger partial charge in [0.1, 0.15) is 11.4 Å². The zero-order valence-corrected chi connectivity index (χ0v) is 14.2. The molecule has 3 rings (SSSR count). The molecule has 0 aliphatic carbocycles. The zero-order chi connectivity index (χ0) is 17.3. The van der Waals surface area contributed by atoms with E-state index in [4.69, 9.17) is 27.8 Å². The number of hydrogen-bond acceptors (Lipinski definition) is 5. The van der Waals surface area contributed by atoms with Gasteiger partial charge >= 0.3 is 0 Å². The van der Waals surface area contributed by atoms with Gasteiger partial charge in [0.15, 0.2) is 11.0 Å². The smallest absolute Gasteiger partial charge is 0.274 e. The van der Waals surface area contributed by atoms with Crippen molar-refractivity contribution in [2.24, 2.45) is 10.7 Å². The molecule has 2 aromatic heterocycles. The van der Waals surface area contributed by atoms with Crippen molar-refractivity contribution in [3.05, 3.63) is 41.0 Å². The summed E-state index contributed by atoms with van der Waals surface area (Å²) in [7, 11) is 1.48. The maximum Gasteiger partial charge on any atom is 0.274 e. The van der Waals surface area contributed by atoms with Crippen molar-refractivity contribution in [1.29, 1.82) is 0 Å². The Kier molecular flexibility index (Phi) is 4.32. The predicted octanol–water partition coefficient (Wildman–Crippen LogP) is 2.93. The fraction of sp³-hybridized carbons (Fsp3) is 0.0667. The van der Waals surface area contributed by atoms with E-state index in [0.717, 1.165) is 0 Å². The first-order valence-corrected chi connectivity index (χ1v) is 8.04. The molecule has 1 aromatic carbocycles. The van der Waals surface area contributed by atoms with E-state index in [-0.39, 0.29) is 5.96 Å². The van der Waals surface area contributed by atoms with Gasteiger partial charge in [-0.15, -0.1) is 0 Å². The number of amides is 1. The Balaban J connectivity index is 1.92. The molecule has 0 bridgehead atoms. The number of ether oxygens (including phenoxy) is 1. The summed E-state index contributed by atoms with van der Waals surface area (Å²) in [5.41, 5.74) is 12.2. The normalized spacial score (nSPS) is 11.7. The van der Waals surface area contributed by atoms with E-state index in [1.165, 1.54) is 18.4 Å². The number of H-pyrrole nitrogens is 1. The minimum Gasteiger partial charge on any atom is -0.446 e. The summed E-state index contributed by atoms with van der Waals surface area (Å²) in [6, 6.07) is 8.61. The molecule has 2 heterocycles. The maximum absolute atomic E-state index is 12.1. The van der Waals surface area contributed by atoms with Gasteiger partial charge in [0.25, 0.3) is 5.91 Å². The molecule has 1 amide bonds. The average molecular weight is 364 g/mol. The van der Waals surface area contributed by atoms with Gasteiger partial charge in [0.05, 0.1) is 15.5 Å². The van der Waals surface area contributed by atoms with Crippen LogP contribution in [0.4, 0.5) is 5.00 Å². The molecular formula is C15H14ClN5O2S. The van der Waals surface area contributed by atoms with Crippen LogP contribution in [-0.4, -0.2) is 23.9 Å². The standard InChI is InChI=1S/C15H14ClN5O2S/c1-19-15(18)21-14(22)11-6-8-9(16)4-7(5-10(8)20-11)23-13-3-2-12(17)24-13/h2-6,20H,17H2,1H3,(H3,18,19,21,22). The van der Waals surface area contributed by atoms with E-state index in [2.05, 4.69) is 15.3 Å². The molecule has 0 saturated heterocycles. The molecule has 0 fully saturated rings. The first kappa shape index (κ1) is 16.2. The van der Waals surface area contributed by atoms with E-state index in [0.29, 0.717) is 37.4 Å². The van der Waals surface area contributed by atoms with Gasteiger partial charge in [0.2, 0.25) is 0 Å². The number of halogens is 1. The molecule has 0 aliphatic heterocycles. The molecular weight excluding hydrogens is 350 g/mol. The third kappa shape index (κ3) is 3.29. The van der Waals surface area contributed by atoms with Gasteiger partial charge in [-0.1, -0.05) is 22.9 Å². The van der Waals surface area contributed by atoms with E-state index in [1.54, 1.807) is 30.3 Å².